The van der Waals surface area contributed by atoms with Crippen LogP contribution < -0.4 is 4.74 Å². The smallest absolute Gasteiger partial charge is 0.508 e. The first-order valence-corrected chi connectivity index (χ1v) is 13.8. The normalized spacial score (nSPS) is 13.1. The Hall–Kier alpha value is -3.56. The van der Waals surface area contributed by atoms with Crippen molar-refractivity contribution in [3.8, 4) is 5.75 Å². The molecule has 0 spiro atoms. The Bertz CT molecular complexity index is 1340. The molecular formula is C26H31F3N4O7S. The van der Waals surface area contributed by atoms with Gasteiger partial charge in [0.2, 0.25) is 0 Å². The molecule has 41 heavy (non-hydrogen) atoms. The van der Waals surface area contributed by atoms with Gasteiger partial charge in [0.15, 0.2) is 11.9 Å². The van der Waals surface area contributed by atoms with Crippen molar-refractivity contribution in [3.63, 3.8) is 0 Å². The molecule has 0 fully saturated rings. The fourth-order valence-electron chi connectivity index (χ4n) is 3.74. The molecule has 0 radical (unpaired) electrons. The lowest BCUT2D eigenvalue weighted by molar-refractivity contribution is -0.153. The number of hydrogen-bond acceptors (Lipinski definition) is 9. The van der Waals surface area contributed by atoms with Crippen LogP contribution in [0.15, 0.2) is 41.7 Å². The number of fused-ring (bicyclic) bond motifs is 1. The maximum Gasteiger partial charge on any atom is 0.508 e. The summed E-state index contributed by atoms with van der Waals surface area (Å²) in [6, 6.07) is 7.40. The molecule has 0 N–H and O–H groups in total. The predicted molar refractivity (Wildman–Crippen MR) is 142 cm³/mol. The number of benzene rings is 1. The summed E-state index contributed by atoms with van der Waals surface area (Å²) in [4.78, 5) is 35.2. The molecule has 1 amide bonds. The van der Waals surface area contributed by atoms with Crippen molar-refractivity contribution >= 4 is 34.4 Å². The molecule has 0 aliphatic rings. The van der Waals surface area contributed by atoms with Crippen LogP contribution in [0.3, 0.4) is 0 Å². The molecule has 0 saturated heterocycles. The molecule has 1 aromatic carbocycles. The lowest BCUT2D eigenvalue weighted by atomic mass is 10.1. The van der Waals surface area contributed by atoms with Crippen LogP contribution in [0.25, 0.3) is 11.0 Å². The van der Waals surface area contributed by atoms with Crippen LogP contribution >= 0.6 is 0 Å². The van der Waals surface area contributed by atoms with Gasteiger partial charge in [-0.3, -0.25) is 4.98 Å². The minimum absolute atomic E-state index is 0.00716. The Morgan fingerprint density at radius 3 is 2.56 bits per heavy atom. The Labute approximate surface area is 237 Å². The number of alkyl halides is 3. The molecule has 2 heterocycles. The number of carbonyl (C=O) groups excluding carboxylic acids is 2. The lowest BCUT2D eigenvalue weighted by Gasteiger charge is -2.22. The number of pyridine rings is 1. The van der Waals surface area contributed by atoms with Crippen LogP contribution in [-0.2, 0) is 25.4 Å². The molecule has 0 aliphatic carbocycles. The quantitative estimate of drug-likeness (QED) is 0.166. The number of amides is 1. The summed E-state index contributed by atoms with van der Waals surface area (Å²) in [5.74, 6) is -0.0445. The van der Waals surface area contributed by atoms with E-state index in [-0.39, 0.29) is 48.5 Å². The zero-order valence-corrected chi connectivity index (χ0v) is 23.8. The molecule has 0 aliphatic heterocycles. The number of aromatic nitrogens is 3. The number of rotatable bonds is 12. The predicted octanol–water partition coefficient (Wildman–Crippen LogP) is 4.64. The van der Waals surface area contributed by atoms with Gasteiger partial charge in [0.05, 0.1) is 29.9 Å². The number of nitrogens with zero attached hydrogens (tertiary/aromatic N) is 4. The second kappa shape index (κ2) is 14.4. The second-order valence-electron chi connectivity index (χ2n) is 8.73. The van der Waals surface area contributed by atoms with Gasteiger partial charge in [-0.15, -0.1) is 0 Å². The highest BCUT2D eigenvalue weighted by atomic mass is 32.2. The molecule has 224 valence electrons. The summed E-state index contributed by atoms with van der Waals surface area (Å²) in [6.45, 7) is 3.99. The number of imidazole rings is 1. The standard InChI is InChI=1S/C26H31F3N4O7S/c1-5-37-14-15-39-25(35)38-13-12-32(4)24(34)33-20-9-7-6-8-19(20)31-23(33)41(36)18(3)22-17(2)21(10-11-30-22)40-16-26(27,28)29/h6-11,18H,5,12-16H2,1-4H3/t18-,41+/m0/s1. The molecular weight excluding hydrogens is 569 g/mol. The van der Waals surface area contributed by atoms with Crippen molar-refractivity contribution in [1.82, 2.24) is 19.4 Å². The van der Waals surface area contributed by atoms with Gasteiger partial charge in [-0.05, 0) is 39.0 Å². The summed E-state index contributed by atoms with van der Waals surface area (Å²) in [5.41, 5.74) is 1.32. The highest BCUT2D eigenvalue weighted by molar-refractivity contribution is 7.91. The van der Waals surface area contributed by atoms with Gasteiger partial charge in [0, 0.05) is 36.6 Å². The molecule has 0 unspecified atom stereocenters. The Morgan fingerprint density at radius 1 is 1.15 bits per heavy atom. The van der Waals surface area contributed by atoms with Crippen LogP contribution in [0, 0.1) is 6.92 Å². The Balaban J connectivity index is 1.79. The molecule has 2 atom stereocenters. The third-order valence-electron chi connectivity index (χ3n) is 5.82. The van der Waals surface area contributed by atoms with Gasteiger partial charge in [-0.25, -0.2) is 14.2 Å². The van der Waals surface area contributed by atoms with E-state index in [9.17, 15) is 27.3 Å². The van der Waals surface area contributed by atoms with E-state index in [4.69, 9.17) is 18.9 Å². The number of likely N-dealkylation sites (N-methyl/N-ethyl adjacent to an activating group) is 1. The van der Waals surface area contributed by atoms with Crippen molar-refractivity contribution in [2.24, 2.45) is 0 Å². The highest BCUT2D eigenvalue weighted by Gasteiger charge is 2.35. The molecule has 0 saturated carbocycles. The van der Waals surface area contributed by atoms with Crippen molar-refractivity contribution in [1.29, 1.82) is 0 Å². The summed E-state index contributed by atoms with van der Waals surface area (Å²) in [5, 5.41) is -0.942. The topological polar surface area (TPSA) is 128 Å². The van der Waals surface area contributed by atoms with Gasteiger partial charge in [-0.2, -0.15) is 18.2 Å². The number of halogens is 3. The maximum atomic E-state index is 13.8. The fourth-order valence-corrected chi connectivity index (χ4v) is 5.05. The number of ether oxygens (including phenoxy) is 4. The molecule has 15 heteroatoms. The van der Waals surface area contributed by atoms with Gasteiger partial charge in [0.25, 0.3) is 0 Å². The van der Waals surface area contributed by atoms with Crippen LogP contribution in [0.4, 0.5) is 22.8 Å². The summed E-state index contributed by atoms with van der Waals surface area (Å²) in [6.07, 6.45) is -4.17. The van der Waals surface area contributed by atoms with Crippen molar-refractivity contribution < 1.29 is 46.3 Å². The summed E-state index contributed by atoms with van der Waals surface area (Å²) < 4.78 is 72.9. The first kappa shape index (κ1) is 32.0. The Morgan fingerprint density at radius 2 is 1.85 bits per heavy atom. The number of hydrogen-bond donors (Lipinski definition) is 0. The van der Waals surface area contributed by atoms with E-state index in [1.165, 1.54) is 35.7 Å². The minimum Gasteiger partial charge on any atom is -0.608 e. The highest BCUT2D eigenvalue weighted by Crippen LogP contribution is 2.34. The van der Waals surface area contributed by atoms with E-state index >= 15 is 0 Å². The zero-order valence-electron chi connectivity index (χ0n) is 23.0. The van der Waals surface area contributed by atoms with E-state index in [0.717, 1.165) is 0 Å². The van der Waals surface area contributed by atoms with E-state index in [0.29, 0.717) is 17.6 Å². The number of para-hydroxylation sites is 2. The van der Waals surface area contributed by atoms with Gasteiger partial charge in [0.1, 0.15) is 19.0 Å². The van der Waals surface area contributed by atoms with Crippen LogP contribution in [0.2, 0.25) is 0 Å². The summed E-state index contributed by atoms with van der Waals surface area (Å²) in [7, 11) is 1.48. The van der Waals surface area contributed by atoms with E-state index in [2.05, 4.69) is 9.97 Å². The number of carbonyl (C=O) groups is 2. The lowest BCUT2D eigenvalue weighted by Crippen LogP contribution is -2.36. The monoisotopic (exact) mass is 600 g/mol. The van der Waals surface area contributed by atoms with Crippen LogP contribution in [-0.4, -0.2) is 89.0 Å². The molecule has 3 aromatic rings. The van der Waals surface area contributed by atoms with E-state index in [1.807, 2.05) is 6.92 Å². The van der Waals surface area contributed by atoms with Crippen LogP contribution in [0.1, 0.15) is 30.4 Å². The average Bonchev–Trinajstić information content (AvgIpc) is 3.32. The maximum absolute atomic E-state index is 13.8. The Kier molecular flexibility index (Phi) is 11.2. The molecule has 0 bridgehead atoms. The SMILES string of the molecule is CCOCCOC(=O)OCCN(C)C(=O)n1c([S@+]([O-])[C@@H](C)c2nccc(OCC(F)(F)F)c2C)nc2ccccc21. The molecule has 3 rings (SSSR count). The molecule has 2 aromatic heterocycles. The van der Waals surface area contributed by atoms with Crippen molar-refractivity contribution in [3.05, 3.63) is 47.8 Å². The van der Waals surface area contributed by atoms with E-state index < -0.39 is 41.4 Å². The third-order valence-corrected chi connectivity index (χ3v) is 7.32. The van der Waals surface area contributed by atoms with E-state index in [1.54, 1.807) is 31.2 Å². The first-order chi connectivity index (χ1) is 19.4. The average molecular weight is 601 g/mol. The first-order valence-electron chi connectivity index (χ1n) is 12.6. The van der Waals surface area contributed by atoms with Gasteiger partial charge >= 0.3 is 23.5 Å². The van der Waals surface area contributed by atoms with Crippen molar-refractivity contribution in [2.75, 3.05) is 46.6 Å². The molecule has 11 nitrogen and oxygen atoms in total. The third kappa shape index (κ3) is 8.47. The summed E-state index contributed by atoms with van der Waals surface area (Å²) >= 11 is -1.97. The van der Waals surface area contributed by atoms with Crippen LogP contribution in [0.5, 0.6) is 5.75 Å². The minimum atomic E-state index is -4.53. The zero-order chi connectivity index (χ0) is 30.2. The second-order valence-corrected chi connectivity index (χ2v) is 10.4. The van der Waals surface area contributed by atoms with Gasteiger partial charge in [-0.1, -0.05) is 12.1 Å². The largest absolute Gasteiger partial charge is 0.608 e. The van der Waals surface area contributed by atoms with Crippen molar-refractivity contribution in [2.45, 2.75) is 37.4 Å². The fraction of sp³-hybridized carbons (Fsp3) is 0.462. The van der Waals surface area contributed by atoms with Gasteiger partial charge < -0.3 is 28.4 Å².